The summed E-state index contributed by atoms with van der Waals surface area (Å²) in [5.74, 6) is -1.39. The van der Waals surface area contributed by atoms with Crippen molar-refractivity contribution in [1.82, 2.24) is 10.9 Å². The molecule has 1 amide bonds. The van der Waals surface area contributed by atoms with Gasteiger partial charge >= 0.3 is 5.97 Å². The third-order valence-electron chi connectivity index (χ3n) is 2.91. The van der Waals surface area contributed by atoms with E-state index in [-0.39, 0.29) is 11.7 Å². The van der Waals surface area contributed by atoms with Gasteiger partial charge in [0.25, 0.3) is 5.91 Å². The van der Waals surface area contributed by atoms with Gasteiger partial charge in [-0.1, -0.05) is 54.1 Å². The number of carbonyl (C=O) groups excluding carboxylic acids is 1. The molecule has 0 saturated carbocycles. The summed E-state index contributed by atoms with van der Waals surface area (Å²) in [6.07, 6.45) is 0. The van der Waals surface area contributed by atoms with Crippen LogP contribution in [0, 0.1) is 0 Å². The Labute approximate surface area is 143 Å². The van der Waals surface area contributed by atoms with Crippen molar-refractivity contribution in [2.75, 3.05) is 5.75 Å². The molecule has 0 aliphatic carbocycles. The van der Waals surface area contributed by atoms with Gasteiger partial charge in [0, 0.05) is 0 Å². The first-order valence-electron chi connectivity index (χ1n) is 6.76. The Balaban J connectivity index is 2.04. The van der Waals surface area contributed by atoms with Crippen LogP contribution in [0.15, 0.2) is 54.6 Å². The minimum absolute atomic E-state index is 0.0888. The van der Waals surface area contributed by atoms with Crippen LogP contribution in [0.3, 0.4) is 0 Å². The molecule has 0 bridgehead atoms. The van der Waals surface area contributed by atoms with Crippen LogP contribution in [-0.2, 0) is 4.79 Å². The predicted octanol–water partition coefficient (Wildman–Crippen LogP) is 3.09. The van der Waals surface area contributed by atoms with E-state index in [9.17, 15) is 9.59 Å². The van der Waals surface area contributed by atoms with E-state index in [0.29, 0.717) is 10.6 Å². The van der Waals surface area contributed by atoms with E-state index in [1.165, 1.54) is 11.8 Å². The quantitative estimate of drug-likeness (QED) is 0.528. The van der Waals surface area contributed by atoms with Crippen LogP contribution in [0.2, 0.25) is 5.02 Å². The van der Waals surface area contributed by atoms with Crippen LogP contribution in [-0.4, -0.2) is 22.7 Å². The molecule has 0 aliphatic heterocycles. The molecule has 2 aromatic rings. The number of benzene rings is 2. The van der Waals surface area contributed by atoms with E-state index < -0.39 is 11.3 Å². The second kappa shape index (κ2) is 8.57. The van der Waals surface area contributed by atoms with Crippen molar-refractivity contribution in [1.29, 1.82) is 0 Å². The molecule has 5 nitrogen and oxygen atoms in total. The van der Waals surface area contributed by atoms with E-state index >= 15 is 0 Å². The highest BCUT2D eigenvalue weighted by molar-refractivity contribution is 8.00. The van der Waals surface area contributed by atoms with Gasteiger partial charge in [0.15, 0.2) is 0 Å². The molecule has 1 atom stereocenters. The highest BCUT2D eigenvalue weighted by Crippen LogP contribution is 2.25. The van der Waals surface area contributed by atoms with Crippen LogP contribution in [0.25, 0.3) is 0 Å². The second-order valence-corrected chi connectivity index (χ2v) is 6.07. The smallest absolute Gasteiger partial charge is 0.313 e. The monoisotopic (exact) mass is 350 g/mol. The fraction of sp³-hybridized carbons (Fsp3) is 0.125. The lowest BCUT2D eigenvalue weighted by atomic mass is 10.2. The normalized spacial score (nSPS) is 11.7. The average Bonchev–Trinajstić information content (AvgIpc) is 2.55. The zero-order valence-corrected chi connectivity index (χ0v) is 13.6. The maximum atomic E-state index is 12.2. The summed E-state index contributed by atoms with van der Waals surface area (Å²) in [5.41, 5.74) is 6.64. The van der Waals surface area contributed by atoms with Crippen LogP contribution in [0.5, 0.6) is 0 Å². The van der Waals surface area contributed by atoms with Gasteiger partial charge in [-0.3, -0.25) is 15.0 Å². The second-order valence-electron chi connectivity index (χ2n) is 4.57. The van der Waals surface area contributed by atoms with Gasteiger partial charge < -0.3 is 5.11 Å². The van der Waals surface area contributed by atoms with Crippen LogP contribution in [0.1, 0.15) is 21.3 Å². The number of halogens is 1. The first-order chi connectivity index (χ1) is 11.1. The van der Waals surface area contributed by atoms with Crippen molar-refractivity contribution in [2.24, 2.45) is 0 Å². The molecule has 0 aliphatic rings. The van der Waals surface area contributed by atoms with Crippen molar-refractivity contribution in [3.05, 3.63) is 70.7 Å². The molecular weight excluding hydrogens is 336 g/mol. The van der Waals surface area contributed by atoms with E-state index in [0.717, 1.165) is 5.56 Å². The average molecular weight is 351 g/mol. The van der Waals surface area contributed by atoms with Crippen LogP contribution >= 0.6 is 23.4 Å². The maximum Gasteiger partial charge on any atom is 0.313 e. The predicted molar refractivity (Wildman–Crippen MR) is 91.3 cm³/mol. The number of aliphatic carboxylic acids is 1. The van der Waals surface area contributed by atoms with Gasteiger partial charge in [-0.05, 0) is 17.7 Å². The Morgan fingerprint density at radius 2 is 1.74 bits per heavy atom. The summed E-state index contributed by atoms with van der Waals surface area (Å²) in [6.45, 7) is 0. The Morgan fingerprint density at radius 3 is 2.39 bits per heavy atom. The molecular formula is C16H15ClN2O3S. The molecule has 2 aromatic carbocycles. The first kappa shape index (κ1) is 17.3. The number of thioether (sulfide) groups is 1. The van der Waals surface area contributed by atoms with Crippen molar-refractivity contribution in [3.63, 3.8) is 0 Å². The largest absolute Gasteiger partial charge is 0.481 e. The molecule has 23 heavy (non-hydrogen) atoms. The van der Waals surface area contributed by atoms with E-state index in [4.69, 9.17) is 16.7 Å². The summed E-state index contributed by atoms with van der Waals surface area (Å²) < 4.78 is 0. The van der Waals surface area contributed by atoms with Gasteiger partial charge in [0.05, 0.1) is 21.7 Å². The molecule has 0 fully saturated rings. The van der Waals surface area contributed by atoms with Gasteiger partial charge in [-0.15, -0.1) is 11.8 Å². The summed E-state index contributed by atoms with van der Waals surface area (Å²) in [5, 5.41) is 8.81. The number of hydrazine groups is 1. The van der Waals surface area contributed by atoms with Gasteiger partial charge in [0.1, 0.15) is 0 Å². The maximum absolute atomic E-state index is 12.2. The number of nitrogens with one attached hydrogen (secondary N) is 2. The standard InChI is InChI=1S/C16H15ClN2O3S/c17-13-9-5-4-8-12(13)15(22)18-19-16(23-10-14(20)21)11-6-2-1-3-7-11/h1-9,16,19H,10H2,(H,18,22)(H,20,21). The fourth-order valence-electron chi connectivity index (χ4n) is 1.85. The van der Waals surface area contributed by atoms with Crippen molar-refractivity contribution < 1.29 is 14.7 Å². The van der Waals surface area contributed by atoms with Gasteiger partial charge in [-0.25, -0.2) is 5.43 Å². The highest BCUT2D eigenvalue weighted by Gasteiger charge is 2.16. The summed E-state index contributed by atoms with van der Waals surface area (Å²) >= 11 is 7.15. The molecule has 1 unspecified atom stereocenters. The van der Waals surface area contributed by atoms with E-state index in [1.54, 1.807) is 24.3 Å². The number of hydrogen-bond acceptors (Lipinski definition) is 4. The molecule has 2 rings (SSSR count). The number of carboxylic acid groups (broad SMARTS) is 1. The lowest BCUT2D eigenvalue weighted by Crippen LogP contribution is -2.39. The molecule has 7 heteroatoms. The first-order valence-corrected chi connectivity index (χ1v) is 8.19. The molecule has 0 spiro atoms. The Bertz CT molecular complexity index is 682. The van der Waals surface area contributed by atoms with E-state index in [1.807, 2.05) is 30.3 Å². The lowest BCUT2D eigenvalue weighted by molar-refractivity contribution is -0.133. The molecule has 0 aromatic heterocycles. The van der Waals surface area contributed by atoms with Crippen molar-refractivity contribution in [3.8, 4) is 0 Å². The summed E-state index contributed by atoms with van der Waals surface area (Å²) in [7, 11) is 0. The minimum atomic E-state index is -0.921. The Hall–Kier alpha value is -2.02. The van der Waals surface area contributed by atoms with E-state index in [2.05, 4.69) is 10.9 Å². The number of carboxylic acids is 1. The number of rotatable bonds is 7. The molecule has 0 heterocycles. The minimum Gasteiger partial charge on any atom is -0.481 e. The van der Waals surface area contributed by atoms with Crippen LogP contribution < -0.4 is 10.9 Å². The SMILES string of the molecule is O=C(O)CSC(NNC(=O)c1ccccc1Cl)c1ccccc1. The third kappa shape index (κ3) is 5.28. The number of hydrogen-bond donors (Lipinski definition) is 3. The highest BCUT2D eigenvalue weighted by atomic mass is 35.5. The zero-order chi connectivity index (χ0) is 16.7. The molecule has 0 radical (unpaired) electrons. The zero-order valence-electron chi connectivity index (χ0n) is 12.0. The number of amides is 1. The molecule has 0 saturated heterocycles. The lowest BCUT2D eigenvalue weighted by Gasteiger charge is -2.19. The van der Waals surface area contributed by atoms with Crippen molar-refractivity contribution >= 4 is 35.2 Å². The third-order valence-corrected chi connectivity index (χ3v) is 4.38. The van der Waals surface area contributed by atoms with Gasteiger partial charge in [-0.2, -0.15) is 0 Å². The van der Waals surface area contributed by atoms with Crippen LogP contribution in [0.4, 0.5) is 0 Å². The number of carbonyl (C=O) groups is 2. The molecule has 3 N–H and O–H groups in total. The molecule has 120 valence electrons. The Morgan fingerprint density at radius 1 is 1.09 bits per heavy atom. The topological polar surface area (TPSA) is 78.4 Å². The summed E-state index contributed by atoms with van der Waals surface area (Å²) in [6, 6.07) is 16.0. The van der Waals surface area contributed by atoms with Crippen molar-refractivity contribution in [2.45, 2.75) is 5.37 Å². The fourth-order valence-corrected chi connectivity index (χ4v) is 2.87. The summed E-state index contributed by atoms with van der Waals surface area (Å²) in [4.78, 5) is 22.9. The van der Waals surface area contributed by atoms with Gasteiger partial charge in [0.2, 0.25) is 0 Å². The Kier molecular flexibility index (Phi) is 6.46.